The van der Waals surface area contributed by atoms with Gasteiger partial charge in [-0.2, -0.15) is 0 Å². The van der Waals surface area contributed by atoms with Crippen LogP contribution >= 0.6 is 0 Å². The predicted molar refractivity (Wildman–Crippen MR) is 85.7 cm³/mol. The molecule has 106 valence electrons. The molecular weight excluding hydrogens is 244 g/mol. The monoisotopic (exact) mass is 268 g/mol. The van der Waals surface area contributed by atoms with Gasteiger partial charge < -0.3 is 5.32 Å². The highest BCUT2D eigenvalue weighted by atomic mass is 14.9. The van der Waals surface area contributed by atoms with Crippen LogP contribution in [0.15, 0.2) is 42.6 Å². The molecule has 0 bridgehead atoms. The molecule has 2 nitrogen and oxygen atoms in total. The molecule has 1 atom stereocenters. The molecule has 0 amide bonds. The first kappa shape index (κ1) is 14.7. The summed E-state index contributed by atoms with van der Waals surface area (Å²) in [7, 11) is 0. The Morgan fingerprint density at radius 2 is 1.80 bits per heavy atom. The zero-order valence-corrected chi connectivity index (χ0v) is 12.7. The van der Waals surface area contributed by atoms with Crippen LogP contribution in [0.1, 0.15) is 44.0 Å². The first-order valence-corrected chi connectivity index (χ1v) is 7.51. The standard InChI is InChI=1S/C18H24N2/c1-4-11-20-18(5-2)16-8-6-15(7-9-16)17-10-12-19-14(3)13-17/h6-10,12-13,18,20H,4-5,11H2,1-3H3. The predicted octanol–water partition coefficient (Wildman–Crippen LogP) is 4.51. The van der Waals surface area contributed by atoms with Crippen molar-refractivity contribution >= 4 is 0 Å². The molecule has 0 saturated heterocycles. The van der Waals surface area contributed by atoms with Crippen LogP contribution in [0.25, 0.3) is 11.1 Å². The zero-order chi connectivity index (χ0) is 14.4. The van der Waals surface area contributed by atoms with Gasteiger partial charge >= 0.3 is 0 Å². The summed E-state index contributed by atoms with van der Waals surface area (Å²) < 4.78 is 0. The number of pyridine rings is 1. The van der Waals surface area contributed by atoms with Gasteiger partial charge in [-0.25, -0.2) is 0 Å². The third-order valence-electron chi connectivity index (χ3n) is 3.59. The Kier molecular flexibility index (Phi) is 5.31. The largest absolute Gasteiger partial charge is 0.310 e. The molecule has 1 aromatic carbocycles. The summed E-state index contributed by atoms with van der Waals surface area (Å²) in [5.41, 5.74) is 4.92. The van der Waals surface area contributed by atoms with Crippen molar-refractivity contribution in [2.24, 2.45) is 0 Å². The first-order chi connectivity index (χ1) is 9.74. The van der Waals surface area contributed by atoms with E-state index < -0.39 is 0 Å². The van der Waals surface area contributed by atoms with E-state index >= 15 is 0 Å². The number of nitrogens with zero attached hydrogens (tertiary/aromatic N) is 1. The normalized spacial score (nSPS) is 12.3. The van der Waals surface area contributed by atoms with E-state index in [4.69, 9.17) is 0 Å². The topological polar surface area (TPSA) is 24.9 Å². The van der Waals surface area contributed by atoms with Crippen LogP contribution in [-0.4, -0.2) is 11.5 Å². The fourth-order valence-electron chi connectivity index (χ4n) is 2.45. The maximum atomic E-state index is 4.25. The smallest absolute Gasteiger partial charge is 0.0378 e. The lowest BCUT2D eigenvalue weighted by molar-refractivity contribution is 0.518. The highest BCUT2D eigenvalue weighted by Crippen LogP contribution is 2.23. The van der Waals surface area contributed by atoms with Crippen LogP contribution in [0.3, 0.4) is 0 Å². The summed E-state index contributed by atoms with van der Waals surface area (Å²) in [6.07, 6.45) is 4.16. The van der Waals surface area contributed by atoms with E-state index in [9.17, 15) is 0 Å². The van der Waals surface area contributed by atoms with E-state index in [1.54, 1.807) is 0 Å². The van der Waals surface area contributed by atoms with Crippen molar-refractivity contribution in [1.82, 2.24) is 10.3 Å². The molecule has 1 N–H and O–H groups in total. The first-order valence-electron chi connectivity index (χ1n) is 7.51. The van der Waals surface area contributed by atoms with Crippen molar-refractivity contribution in [2.75, 3.05) is 6.54 Å². The number of nitrogens with one attached hydrogen (secondary N) is 1. The summed E-state index contributed by atoms with van der Waals surface area (Å²) in [5, 5.41) is 3.59. The molecule has 0 saturated carbocycles. The van der Waals surface area contributed by atoms with E-state index in [1.807, 2.05) is 13.1 Å². The third kappa shape index (κ3) is 3.67. The van der Waals surface area contributed by atoms with Gasteiger partial charge in [-0.15, -0.1) is 0 Å². The zero-order valence-electron chi connectivity index (χ0n) is 12.7. The maximum Gasteiger partial charge on any atom is 0.0378 e. The van der Waals surface area contributed by atoms with Crippen LogP contribution in [-0.2, 0) is 0 Å². The van der Waals surface area contributed by atoms with E-state index in [2.05, 4.69) is 60.5 Å². The molecule has 0 aliphatic rings. The minimum Gasteiger partial charge on any atom is -0.310 e. The quantitative estimate of drug-likeness (QED) is 0.834. The summed E-state index contributed by atoms with van der Waals surface area (Å²) >= 11 is 0. The van der Waals surface area contributed by atoms with Crippen molar-refractivity contribution in [3.05, 3.63) is 53.9 Å². The second-order valence-electron chi connectivity index (χ2n) is 5.22. The molecule has 0 aliphatic carbocycles. The Balaban J connectivity index is 2.17. The molecule has 0 aliphatic heterocycles. The molecule has 0 spiro atoms. The molecule has 0 radical (unpaired) electrons. The van der Waals surface area contributed by atoms with Gasteiger partial charge in [0.15, 0.2) is 0 Å². The molecule has 1 aromatic heterocycles. The van der Waals surface area contributed by atoms with Crippen molar-refractivity contribution in [1.29, 1.82) is 0 Å². The molecule has 2 heteroatoms. The summed E-state index contributed by atoms with van der Waals surface area (Å²) in [6.45, 7) is 7.53. The SMILES string of the molecule is CCCNC(CC)c1ccc(-c2ccnc(C)c2)cc1. The van der Waals surface area contributed by atoms with Gasteiger partial charge in [0.2, 0.25) is 0 Å². The van der Waals surface area contributed by atoms with Crippen LogP contribution < -0.4 is 5.32 Å². The van der Waals surface area contributed by atoms with Crippen LogP contribution in [0.2, 0.25) is 0 Å². The Hall–Kier alpha value is -1.67. The number of aryl methyl sites for hydroxylation is 1. The van der Waals surface area contributed by atoms with E-state index in [1.165, 1.54) is 23.1 Å². The lowest BCUT2D eigenvalue weighted by atomic mass is 9.99. The molecule has 0 fully saturated rings. The number of benzene rings is 1. The van der Waals surface area contributed by atoms with E-state index in [0.29, 0.717) is 6.04 Å². The molecule has 1 unspecified atom stereocenters. The Morgan fingerprint density at radius 1 is 1.05 bits per heavy atom. The van der Waals surface area contributed by atoms with Gasteiger partial charge in [0.25, 0.3) is 0 Å². The Bertz CT molecular complexity index is 531. The third-order valence-corrected chi connectivity index (χ3v) is 3.59. The molecular formula is C18H24N2. The number of hydrogen-bond donors (Lipinski definition) is 1. The van der Waals surface area contributed by atoms with Crippen molar-refractivity contribution in [3.63, 3.8) is 0 Å². The van der Waals surface area contributed by atoms with Crippen molar-refractivity contribution in [2.45, 2.75) is 39.7 Å². The second kappa shape index (κ2) is 7.20. The molecule has 1 heterocycles. The fraction of sp³-hybridized carbons (Fsp3) is 0.389. The highest BCUT2D eigenvalue weighted by molar-refractivity contribution is 5.63. The Morgan fingerprint density at radius 3 is 2.40 bits per heavy atom. The lowest BCUT2D eigenvalue weighted by Crippen LogP contribution is -2.21. The summed E-state index contributed by atoms with van der Waals surface area (Å²) in [6, 6.07) is 13.5. The van der Waals surface area contributed by atoms with Gasteiger partial charge in [0.1, 0.15) is 0 Å². The second-order valence-corrected chi connectivity index (χ2v) is 5.22. The van der Waals surface area contributed by atoms with Crippen LogP contribution in [0.4, 0.5) is 0 Å². The number of rotatable bonds is 6. The average molecular weight is 268 g/mol. The van der Waals surface area contributed by atoms with Gasteiger partial charge in [-0.05, 0) is 55.1 Å². The Labute approximate surface area is 122 Å². The van der Waals surface area contributed by atoms with Gasteiger partial charge in [0, 0.05) is 17.9 Å². The van der Waals surface area contributed by atoms with E-state index in [-0.39, 0.29) is 0 Å². The minimum atomic E-state index is 0.461. The molecule has 20 heavy (non-hydrogen) atoms. The van der Waals surface area contributed by atoms with E-state index in [0.717, 1.165) is 18.7 Å². The average Bonchev–Trinajstić information content (AvgIpc) is 2.49. The minimum absolute atomic E-state index is 0.461. The summed E-state index contributed by atoms with van der Waals surface area (Å²) in [4.78, 5) is 4.25. The van der Waals surface area contributed by atoms with Gasteiger partial charge in [-0.3, -0.25) is 4.98 Å². The van der Waals surface area contributed by atoms with Crippen molar-refractivity contribution in [3.8, 4) is 11.1 Å². The summed E-state index contributed by atoms with van der Waals surface area (Å²) in [5.74, 6) is 0. The molecule has 2 aromatic rings. The molecule has 2 rings (SSSR count). The number of aromatic nitrogens is 1. The highest BCUT2D eigenvalue weighted by Gasteiger charge is 2.08. The fourth-order valence-corrected chi connectivity index (χ4v) is 2.45. The van der Waals surface area contributed by atoms with Gasteiger partial charge in [-0.1, -0.05) is 38.1 Å². The maximum absolute atomic E-state index is 4.25. The lowest BCUT2D eigenvalue weighted by Gasteiger charge is -2.17. The van der Waals surface area contributed by atoms with Crippen molar-refractivity contribution < 1.29 is 0 Å². The van der Waals surface area contributed by atoms with Crippen LogP contribution in [0.5, 0.6) is 0 Å². The van der Waals surface area contributed by atoms with Gasteiger partial charge in [0.05, 0.1) is 0 Å². The van der Waals surface area contributed by atoms with Crippen LogP contribution in [0, 0.1) is 6.92 Å². The number of hydrogen-bond acceptors (Lipinski definition) is 2.